The average molecular weight is 507 g/mol. The van der Waals surface area contributed by atoms with Gasteiger partial charge >= 0.3 is 5.97 Å². The summed E-state index contributed by atoms with van der Waals surface area (Å²) in [5, 5.41) is 0. The zero-order chi connectivity index (χ0) is 25.6. The van der Waals surface area contributed by atoms with Crippen molar-refractivity contribution in [2.45, 2.75) is 49.8 Å². The maximum Gasteiger partial charge on any atom is 0.344 e. The standard InChI is InChI=1S/C29H30O6S/c1-17(2)24-14-26(18(3)12-27(24)36(31,32)33)34-16-28(30)35-15-19-13-25-20-8-4-6-10-22(20)29(19)23-11-7-5-9-21(23)25/h4-12,14,17,19,25,29H,13,15-16H2,1-3H3,(H,31,32,33). The number of benzene rings is 3. The number of carbonyl (C=O) groups is 1. The molecule has 0 aliphatic heterocycles. The molecule has 6 nitrogen and oxygen atoms in total. The van der Waals surface area contributed by atoms with Crippen molar-refractivity contribution in [2.75, 3.05) is 13.2 Å². The minimum atomic E-state index is -4.36. The first kappa shape index (κ1) is 24.5. The van der Waals surface area contributed by atoms with Gasteiger partial charge in [0.1, 0.15) is 5.75 Å². The Morgan fingerprint density at radius 1 is 1.00 bits per heavy atom. The Balaban J connectivity index is 1.28. The lowest BCUT2D eigenvalue weighted by Gasteiger charge is -2.45. The molecule has 0 radical (unpaired) electrons. The fraction of sp³-hybridized carbons (Fsp3) is 0.345. The summed E-state index contributed by atoms with van der Waals surface area (Å²) in [6.07, 6.45) is 0.931. The zero-order valence-corrected chi connectivity index (χ0v) is 21.4. The van der Waals surface area contributed by atoms with Crippen molar-refractivity contribution in [1.82, 2.24) is 0 Å². The second-order valence-corrected chi connectivity index (χ2v) is 11.4. The third-order valence-corrected chi connectivity index (χ3v) is 8.34. The summed E-state index contributed by atoms with van der Waals surface area (Å²) < 4.78 is 44.5. The minimum absolute atomic E-state index is 0.141. The van der Waals surface area contributed by atoms with Crippen LogP contribution < -0.4 is 4.74 Å². The number of hydrogen-bond acceptors (Lipinski definition) is 5. The number of fused-ring (bicyclic) bond motifs is 1. The van der Waals surface area contributed by atoms with Gasteiger partial charge in [-0.3, -0.25) is 4.55 Å². The molecule has 2 bridgehead atoms. The van der Waals surface area contributed by atoms with Crippen LogP contribution in [0.3, 0.4) is 0 Å². The van der Waals surface area contributed by atoms with E-state index in [1.165, 1.54) is 28.3 Å². The first-order chi connectivity index (χ1) is 17.1. The molecule has 1 unspecified atom stereocenters. The molecule has 6 rings (SSSR count). The van der Waals surface area contributed by atoms with Crippen molar-refractivity contribution in [3.8, 4) is 5.75 Å². The van der Waals surface area contributed by atoms with Gasteiger partial charge in [0.05, 0.1) is 11.5 Å². The van der Waals surface area contributed by atoms with Crippen LogP contribution >= 0.6 is 0 Å². The average Bonchev–Trinajstić information content (AvgIpc) is 2.86. The lowest BCUT2D eigenvalue weighted by atomic mass is 9.59. The van der Waals surface area contributed by atoms with E-state index in [1.54, 1.807) is 13.0 Å². The van der Waals surface area contributed by atoms with Gasteiger partial charge in [0.15, 0.2) is 6.61 Å². The quantitative estimate of drug-likeness (QED) is 0.332. The summed E-state index contributed by atoms with van der Waals surface area (Å²) in [6, 6.07) is 20.0. The number of hydrogen-bond donors (Lipinski definition) is 1. The van der Waals surface area contributed by atoms with Crippen LogP contribution in [0.5, 0.6) is 5.75 Å². The second kappa shape index (κ2) is 9.37. The van der Waals surface area contributed by atoms with Crippen LogP contribution in [0.4, 0.5) is 0 Å². The molecule has 0 saturated heterocycles. The molecular formula is C29H30O6S. The highest BCUT2D eigenvalue weighted by Crippen LogP contribution is 2.55. The van der Waals surface area contributed by atoms with Gasteiger partial charge in [-0.05, 0) is 64.8 Å². The molecule has 0 aromatic heterocycles. The number of ether oxygens (including phenoxy) is 2. The Hall–Kier alpha value is -3.16. The van der Waals surface area contributed by atoms with E-state index in [1.807, 2.05) is 13.8 Å². The Labute approximate surface area is 212 Å². The monoisotopic (exact) mass is 506 g/mol. The number of esters is 1. The van der Waals surface area contributed by atoms with Gasteiger partial charge in [-0.25, -0.2) is 4.79 Å². The van der Waals surface area contributed by atoms with Gasteiger partial charge in [0.25, 0.3) is 10.1 Å². The van der Waals surface area contributed by atoms with E-state index in [-0.39, 0.29) is 29.3 Å². The molecule has 0 heterocycles. The van der Waals surface area contributed by atoms with Gasteiger partial charge in [0.2, 0.25) is 0 Å². The van der Waals surface area contributed by atoms with Crippen molar-refractivity contribution in [1.29, 1.82) is 0 Å². The number of carbonyl (C=O) groups excluding carboxylic acids is 1. The summed E-state index contributed by atoms with van der Waals surface area (Å²) in [5.41, 5.74) is 6.33. The third-order valence-electron chi connectivity index (χ3n) is 7.43. The lowest BCUT2D eigenvalue weighted by Crippen LogP contribution is -2.35. The minimum Gasteiger partial charge on any atom is -0.482 e. The van der Waals surface area contributed by atoms with Crippen molar-refractivity contribution in [3.63, 3.8) is 0 Å². The molecule has 1 atom stereocenters. The first-order valence-corrected chi connectivity index (χ1v) is 13.7. The fourth-order valence-electron chi connectivity index (χ4n) is 5.81. The highest BCUT2D eigenvalue weighted by atomic mass is 32.2. The number of aryl methyl sites for hydroxylation is 1. The molecule has 0 saturated carbocycles. The third kappa shape index (κ3) is 4.42. The molecule has 188 valence electrons. The Morgan fingerprint density at radius 2 is 1.58 bits per heavy atom. The van der Waals surface area contributed by atoms with Crippen LogP contribution in [-0.4, -0.2) is 32.2 Å². The Kier molecular flexibility index (Phi) is 6.39. The molecule has 7 heteroatoms. The molecular weight excluding hydrogens is 476 g/mol. The van der Waals surface area contributed by atoms with Crippen LogP contribution in [0.1, 0.15) is 71.4 Å². The summed E-state index contributed by atoms with van der Waals surface area (Å²) in [4.78, 5) is 12.5. The molecule has 0 amide bonds. The maximum atomic E-state index is 12.6. The van der Waals surface area contributed by atoms with Crippen molar-refractivity contribution >= 4 is 16.1 Å². The van der Waals surface area contributed by atoms with Gasteiger partial charge in [-0.1, -0.05) is 62.4 Å². The smallest absolute Gasteiger partial charge is 0.344 e. The second-order valence-electron chi connectivity index (χ2n) is 10.0. The highest BCUT2D eigenvalue weighted by molar-refractivity contribution is 7.85. The summed E-state index contributed by atoms with van der Waals surface area (Å²) in [5.74, 6) is 0.446. The molecule has 36 heavy (non-hydrogen) atoms. The predicted molar refractivity (Wildman–Crippen MR) is 136 cm³/mol. The van der Waals surface area contributed by atoms with Crippen molar-refractivity contribution < 1.29 is 27.2 Å². The highest BCUT2D eigenvalue weighted by Gasteiger charge is 2.43. The van der Waals surface area contributed by atoms with E-state index < -0.39 is 16.1 Å². The largest absolute Gasteiger partial charge is 0.482 e. The van der Waals surface area contributed by atoms with Crippen LogP contribution in [0.25, 0.3) is 0 Å². The molecule has 0 spiro atoms. The van der Waals surface area contributed by atoms with E-state index in [4.69, 9.17) is 9.47 Å². The SMILES string of the molecule is Cc1cc(S(=O)(=O)O)c(C(C)C)cc1OCC(=O)OCC1CC2c3ccccc3C1c1ccccc12. The maximum absolute atomic E-state index is 12.6. The van der Waals surface area contributed by atoms with Gasteiger partial charge in [0, 0.05) is 17.8 Å². The molecule has 3 aromatic rings. The van der Waals surface area contributed by atoms with E-state index >= 15 is 0 Å². The topological polar surface area (TPSA) is 89.9 Å². The number of rotatable bonds is 7. The Bertz CT molecular complexity index is 1380. The van der Waals surface area contributed by atoms with Gasteiger partial charge in [-0.15, -0.1) is 0 Å². The summed E-state index contributed by atoms with van der Waals surface area (Å²) in [6.45, 7) is 5.35. The first-order valence-electron chi connectivity index (χ1n) is 12.2. The van der Waals surface area contributed by atoms with Gasteiger partial charge in [-0.2, -0.15) is 8.42 Å². The zero-order valence-electron chi connectivity index (χ0n) is 20.6. The molecule has 3 aromatic carbocycles. The molecule has 3 aliphatic carbocycles. The van der Waals surface area contributed by atoms with Crippen LogP contribution in [-0.2, 0) is 19.6 Å². The van der Waals surface area contributed by atoms with E-state index in [2.05, 4.69) is 48.5 Å². The lowest BCUT2D eigenvalue weighted by molar-refractivity contribution is -0.147. The predicted octanol–water partition coefficient (Wildman–Crippen LogP) is 5.58. The summed E-state index contributed by atoms with van der Waals surface area (Å²) in [7, 11) is -4.36. The summed E-state index contributed by atoms with van der Waals surface area (Å²) >= 11 is 0. The Morgan fingerprint density at radius 3 is 2.14 bits per heavy atom. The van der Waals surface area contributed by atoms with Crippen LogP contribution in [0.15, 0.2) is 65.6 Å². The van der Waals surface area contributed by atoms with Gasteiger partial charge < -0.3 is 9.47 Å². The van der Waals surface area contributed by atoms with E-state index in [0.29, 0.717) is 29.4 Å². The van der Waals surface area contributed by atoms with Crippen LogP contribution in [0.2, 0.25) is 0 Å². The molecule has 0 fully saturated rings. The van der Waals surface area contributed by atoms with E-state index in [0.717, 1.165) is 6.42 Å². The fourth-order valence-corrected chi connectivity index (χ4v) is 6.73. The van der Waals surface area contributed by atoms with E-state index in [9.17, 15) is 17.8 Å². The van der Waals surface area contributed by atoms with Crippen molar-refractivity contribution in [3.05, 3.63) is 94.0 Å². The van der Waals surface area contributed by atoms with Crippen LogP contribution in [0, 0.1) is 12.8 Å². The normalized spacial score (nSPS) is 20.1. The van der Waals surface area contributed by atoms with Crippen molar-refractivity contribution in [2.24, 2.45) is 5.92 Å². The molecule has 3 aliphatic rings. The molecule has 1 N–H and O–H groups in total.